The van der Waals surface area contributed by atoms with Crippen molar-refractivity contribution in [3.63, 3.8) is 0 Å². The van der Waals surface area contributed by atoms with Crippen LogP contribution in [0.1, 0.15) is 6.42 Å². The summed E-state index contributed by atoms with van der Waals surface area (Å²) in [4.78, 5) is 10.6. The number of hydrogen-bond donors (Lipinski definition) is 2. The maximum atomic E-state index is 10.6. The number of carbonyl (C=O) groups excluding carboxylic acids is 1. The van der Waals surface area contributed by atoms with Gasteiger partial charge in [-0.3, -0.25) is 4.79 Å². The van der Waals surface area contributed by atoms with E-state index < -0.39 is 0 Å². The Balaban J connectivity index is 2.06. The van der Waals surface area contributed by atoms with E-state index in [4.69, 9.17) is 5.73 Å². The Morgan fingerprint density at radius 2 is 2.44 bits per heavy atom. The fourth-order valence-corrected chi connectivity index (χ4v) is 1.66. The third-order valence-electron chi connectivity index (χ3n) is 2.31. The number of amides is 1. The van der Waals surface area contributed by atoms with Crippen molar-refractivity contribution in [2.45, 2.75) is 12.5 Å². The molecule has 1 heterocycles. The molecule has 3 nitrogen and oxygen atoms in total. The molecule has 3 atom stereocenters. The van der Waals surface area contributed by atoms with Gasteiger partial charge in [0.05, 0.1) is 6.04 Å². The van der Waals surface area contributed by atoms with Crippen LogP contribution in [0.5, 0.6) is 0 Å². The Morgan fingerprint density at radius 3 is 2.67 bits per heavy atom. The van der Waals surface area contributed by atoms with Gasteiger partial charge in [0, 0.05) is 0 Å². The van der Waals surface area contributed by atoms with Crippen molar-refractivity contribution in [3.05, 3.63) is 0 Å². The lowest BCUT2D eigenvalue weighted by molar-refractivity contribution is -0.120. The van der Waals surface area contributed by atoms with Gasteiger partial charge < -0.3 is 11.1 Å². The van der Waals surface area contributed by atoms with E-state index in [1.54, 1.807) is 0 Å². The van der Waals surface area contributed by atoms with E-state index >= 15 is 0 Å². The normalized spacial score (nSPS) is 46.4. The van der Waals surface area contributed by atoms with Crippen molar-refractivity contribution >= 4 is 5.91 Å². The summed E-state index contributed by atoms with van der Waals surface area (Å²) in [6.07, 6.45) is 1.21. The quantitative estimate of drug-likeness (QED) is 0.477. The SMILES string of the molecule is NC(=O)[C@H]1NCC2CC21. The standard InChI is InChI=1S/C6H10N2O/c7-6(9)5-4-1-3(4)2-8-5/h3-5,8H,1-2H2,(H2,7,9)/t3?,4?,5-/m0/s1. The molecule has 1 amide bonds. The van der Waals surface area contributed by atoms with E-state index in [-0.39, 0.29) is 11.9 Å². The van der Waals surface area contributed by atoms with E-state index in [0.717, 1.165) is 12.5 Å². The zero-order valence-electron chi connectivity index (χ0n) is 5.13. The molecule has 1 saturated carbocycles. The second kappa shape index (κ2) is 1.48. The Kier molecular flexibility index (Phi) is 0.858. The number of rotatable bonds is 1. The smallest absolute Gasteiger partial charge is 0.234 e. The summed E-state index contributed by atoms with van der Waals surface area (Å²) in [5, 5.41) is 3.08. The molecule has 2 aliphatic rings. The second-order valence-electron chi connectivity index (χ2n) is 2.95. The molecule has 0 aromatic rings. The fraction of sp³-hybridized carbons (Fsp3) is 0.833. The van der Waals surface area contributed by atoms with Crippen LogP contribution in [0.15, 0.2) is 0 Å². The molecule has 3 N–H and O–H groups in total. The second-order valence-corrected chi connectivity index (χ2v) is 2.95. The molecule has 0 spiro atoms. The van der Waals surface area contributed by atoms with E-state index in [9.17, 15) is 4.79 Å². The third-order valence-corrected chi connectivity index (χ3v) is 2.31. The summed E-state index contributed by atoms with van der Waals surface area (Å²) in [5.41, 5.74) is 5.11. The molecule has 9 heavy (non-hydrogen) atoms. The molecule has 3 heteroatoms. The highest BCUT2D eigenvalue weighted by Gasteiger charge is 2.50. The first kappa shape index (κ1) is 5.23. The van der Waals surface area contributed by atoms with Crippen LogP contribution in [0.2, 0.25) is 0 Å². The average molecular weight is 126 g/mol. The van der Waals surface area contributed by atoms with Crippen molar-refractivity contribution in [2.75, 3.05) is 6.54 Å². The van der Waals surface area contributed by atoms with Crippen LogP contribution >= 0.6 is 0 Å². The highest BCUT2D eigenvalue weighted by molar-refractivity contribution is 5.81. The van der Waals surface area contributed by atoms with Gasteiger partial charge in [-0.25, -0.2) is 0 Å². The van der Waals surface area contributed by atoms with Crippen molar-refractivity contribution in [3.8, 4) is 0 Å². The molecule has 1 aliphatic carbocycles. The molecule has 0 bridgehead atoms. The van der Waals surface area contributed by atoms with Crippen LogP contribution in [0, 0.1) is 11.8 Å². The van der Waals surface area contributed by atoms with Crippen molar-refractivity contribution < 1.29 is 4.79 Å². The summed E-state index contributed by atoms with van der Waals surface area (Å²) >= 11 is 0. The Morgan fingerprint density at radius 1 is 1.67 bits per heavy atom. The van der Waals surface area contributed by atoms with Gasteiger partial charge in [-0.15, -0.1) is 0 Å². The number of nitrogens with two attached hydrogens (primary N) is 1. The van der Waals surface area contributed by atoms with Crippen LogP contribution in [-0.4, -0.2) is 18.5 Å². The lowest BCUT2D eigenvalue weighted by Gasteiger charge is -2.06. The Labute approximate surface area is 53.6 Å². The first-order valence-corrected chi connectivity index (χ1v) is 3.32. The summed E-state index contributed by atoms with van der Waals surface area (Å²) < 4.78 is 0. The van der Waals surface area contributed by atoms with Crippen molar-refractivity contribution in [1.82, 2.24) is 5.32 Å². The molecular weight excluding hydrogens is 116 g/mol. The summed E-state index contributed by atoms with van der Waals surface area (Å²) in [6, 6.07) is -0.00463. The first-order chi connectivity index (χ1) is 4.29. The van der Waals surface area contributed by atoms with Gasteiger partial charge in [-0.1, -0.05) is 0 Å². The van der Waals surface area contributed by atoms with Crippen molar-refractivity contribution in [1.29, 1.82) is 0 Å². The summed E-state index contributed by atoms with van der Waals surface area (Å²) in [5.74, 6) is 1.17. The number of piperidine rings is 1. The molecule has 2 unspecified atom stereocenters. The van der Waals surface area contributed by atoms with Gasteiger partial charge in [0.1, 0.15) is 0 Å². The largest absolute Gasteiger partial charge is 0.368 e. The maximum Gasteiger partial charge on any atom is 0.234 e. The third kappa shape index (κ3) is 0.645. The zero-order chi connectivity index (χ0) is 6.43. The minimum absolute atomic E-state index is 0.00463. The molecule has 2 rings (SSSR count). The van der Waals surface area contributed by atoms with Crippen LogP contribution in [0.4, 0.5) is 0 Å². The Hall–Kier alpha value is -0.570. The van der Waals surface area contributed by atoms with Crippen LogP contribution < -0.4 is 11.1 Å². The summed E-state index contributed by atoms with van der Waals surface area (Å²) in [7, 11) is 0. The molecule has 1 aliphatic heterocycles. The predicted molar refractivity (Wildman–Crippen MR) is 32.6 cm³/mol. The lowest BCUT2D eigenvalue weighted by Crippen LogP contribution is -2.39. The van der Waals surface area contributed by atoms with E-state index in [0.29, 0.717) is 5.92 Å². The fourth-order valence-electron chi connectivity index (χ4n) is 1.66. The first-order valence-electron chi connectivity index (χ1n) is 3.32. The van der Waals surface area contributed by atoms with Crippen LogP contribution in [0.25, 0.3) is 0 Å². The zero-order valence-corrected chi connectivity index (χ0v) is 5.13. The van der Waals surface area contributed by atoms with Crippen LogP contribution in [-0.2, 0) is 4.79 Å². The molecule has 1 saturated heterocycles. The van der Waals surface area contributed by atoms with Gasteiger partial charge in [-0.2, -0.15) is 0 Å². The van der Waals surface area contributed by atoms with Gasteiger partial charge in [0.2, 0.25) is 5.91 Å². The maximum absolute atomic E-state index is 10.6. The number of nitrogens with one attached hydrogen (secondary N) is 1. The monoisotopic (exact) mass is 126 g/mol. The Bertz CT molecular complexity index is 157. The number of hydrogen-bond acceptors (Lipinski definition) is 2. The number of carbonyl (C=O) groups is 1. The predicted octanol–water partition coefficient (Wildman–Crippen LogP) is -0.920. The van der Waals surface area contributed by atoms with Gasteiger partial charge in [0.25, 0.3) is 0 Å². The highest BCUT2D eigenvalue weighted by atomic mass is 16.1. The molecule has 2 fully saturated rings. The van der Waals surface area contributed by atoms with Gasteiger partial charge >= 0.3 is 0 Å². The topological polar surface area (TPSA) is 55.1 Å². The minimum atomic E-state index is -0.181. The van der Waals surface area contributed by atoms with Gasteiger partial charge in [0.15, 0.2) is 0 Å². The van der Waals surface area contributed by atoms with E-state index in [2.05, 4.69) is 5.32 Å². The molecule has 50 valence electrons. The molecular formula is C6H10N2O. The lowest BCUT2D eigenvalue weighted by atomic mass is 10.2. The van der Waals surface area contributed by atoms with Gasteiger partial charge in [-0.05, 0) is 24.8 Å². The number of primary amides is 1. The average Bonchev–Trinajstić information content (AvgIpc) is 2.43. The highest BCUT2D eigenvalue weighted by Crippen LogP contribution is 2.44. The molecule has 0 aromatic heterocycles. The molecule has 0 radical (unpaired) electrons. The number of fused-ring (bicyclic) bond motifs is 1. The van der Waals surface area contributed by atoms with E-state index in [1.165, 1.54) is 6.42 Å². The molecule has 0 aromatic carbocycles. The minimum Gasteiger partial charge on any atom is -0.368 e. The van der Waals surface area contributed by atoms with Crippen LogP contribution in [0.3, 0.4) is 0 Å². The van der Waals surface area contributed by atoms with Crippen molar-refractivity contribution in [2.24, 2.45) is 17.6 Å². The summed E-state index contributed by atoms with van der Waals surface area (Å²) in [6.45, 7) is 0.998. The van der Waals surface area contributed by atoms with E-state index in [1.807, 2.05) is 0 Å².